The topological polar surface area (TPSA) is 89.7 Å². The molecule has 0 radical (unpaired) electrons. The molecule has 1 aromatic heterocycles. The maximum Gasteiger partial charge on any atom is 0.241 e. The van der Waals surface area contributed by atoms with Crippen molar-refractivity contribution in [2.75, 3.05) is 39.6 Å². The van der Waals surface area contributed by atoms with E-state index in [1.807, 2.05) is 30.0 Å². The van der Waals surface area contributed by atoms with Crippen LogP contribution in [0.15, 0.2) is 47.0 Å². The van der Waals surface area contributed by atoms with E-state index in [-0.39, 0.29) is 11.8 Å². The Hall–Kier alpha value is -3.04. The maximum absolute atomic E-state index is 12.6. The lowest BCUT2D eigenvalue weighted by Crippen LogP contribution is -2.40. The molecule has 4 rings (SSSR count). The third kappa shape index (κ3) is 7.01. The molecule has 1 saturated heterocycles. The summed E-state index contributed by atoms with van der Waals surface area (Å²) >= 11 is 1.85. The summed E-state index contributed by atoms with van der Waals surface area (Å²) in [5.74, 6) is 4.46. The quantitative estimate of drug-likeness (QED) is 0.382. The van der Waals surface area contributed by atoms with Crippen LogP contribution in [0.25, 0.3) is 11.4 Å². The van der Waals surface area contributed by atoms with Crippen LogP contribution in [-0.4, -0.2) is 60.6 Å². The van der Waals surface area contributed by atoms with Gasteiger partial charge in [0, 0.05) is 29.5 Å². The van der Waals surface area contributed by atoms with Gasteiger partial charge in [0.25, 0.3) is 0 Å². The van der Waals surface area contributed by atoms with Gasteiger partial charge in [-0.25, -0.2) is 0 Å². The van der Waals surface area contributed by atoms with E-state index in [2.05, 4.69) is 51.5 Å². The Morgan fingerprint density at radius 1 is 1.11 bits per heavy atom. The molecule has 2 aromatic carbocycles. The number of rotatable bonds is 11. The highest BCUT2D eigenvalue weighted by atomic mass is 32.2. The molecule has 0 spiro atoms. The van der Waals surface area contributed by atoms with E-state index in [0.717, 1.165) is 43.0 Å². The van der Waals surface area contributed by atoms with Crippen LogP contribution in [0, 0.1) is 12.8 Å². The SMILES string of the molecule is COc1ccc(-c2noc(CN3CCC(C(=O)NCCSCc4ccc(C)cc4)CC3)n2)cc1OC. The zero-order valence-corrected chi connectivity index (χ0v) is 22.0. The second kappa shape index (κ2) is 12.8. The number of ether oxygens (including phenoxy) is 2. The van der Waals surface area contributed by atoms with Crippen molar-refractivity contribution >= 4 is 17.7 Å². The predicted molar refractivity (Wildman–Crippen MR) is 141 cm³/mol. The Morgan fingerprint density at radius 2 is 1.86 bits per heavy atom. The fraction of sp³-hybridized carbons (Fsp3) is 0.444. The number of benzene rings is 2. The van der Waals surface area contributed by atoms with E-state index < -0.39 is 0 Å². The van der Waals surface area contributed by atoms with E-state index in [1.54, 1.807) is 14.2 Å². The zero-order valence-electron chi connectivity index (χ0n) is 21.2. The van der Waals surface area contributed by atoms with Crippen molar-refractivity contribution in [2.45, 2.75) is 32.1 Å². The lowest BCUT2D eigenvalue weighted by molar-refractivity contribution is -0.126. The molecule has 0 atom stereocenters. The number of nitrogens with one attached hydrogen (secondary N) is 1. The minimum Gasteiger partial charge on any atom is -0.493 e. The van der Waals surface area contributed by atoms with Gasteiger partial charge in [0.1, 0.15) is 0 Å². The highest BCUT2D eigenvalue weighted by Gasteiger charge is 2.26. The van der Waals surface area contributed by atoms with E-state index in [1.165, 1.54) is 11.1 Å². The third-order valence-electron chi connectivity index (χ3n) is 6.36. The fourth-order valence-electron chi connectivity index (χ4n) is 4.22. The lowest BCUT2D eigenvalue weighted by Gasteiger charge is -2.30. The highest BCUT2D eigenvalue weighted by Crippen LogP contribution is 2.31. The van der Waals surface area contributed by atoms with Crippen molar-refractivity contribution < 1.29 is 18.8 Å². The molecule has 1 aliphatic rings. The van der Waals surface area contributed by atoms with E-state index in [0.29, 0.717) is 36.3 Å². The molecule has 1 aliphatic heterocycles. The lowest BCUT2D eigenvalue weighted by atomic mass is 9.96. The number of nitrogens with zero attached hydrogens (tertiary/aromatic N) is 3. The van der Waals surface area contributed by atoms with Crippen molar-refractivity contribution in [1.29, 1.82) is 0 Å². The second-order valence-electron chi connectivity index (χ2n) is 8.96. The molecule has 3 aromatic rings. The number of piperidine rings is 1. The molecule has 0 saturated carbocycles. The predicted octanol–water partition coefficient (Wildman–Crippen LogP) is 4.32. The number of methoxy groups -OCH3 is 2. The summed E-state index contributed by atoms with van der Waals surface area (Å²) in [6.45, 7) is 5.03. The van der Waals surface area contributed by atoms with Gasteiger partial charge in [-0.05, 0) is 56.6 Å². The van der Waals surface area contributed by atoms with Crippen LogP contribution >= 0.6 is 11.8 Å². The van der Waals surface area contributed by atoms with Gasteiger partial charge in [-0.15, -0.1) is 0 Å². The Balaban J connectivity index is 1.17. The first-order chi connectivity index (χ1) is 17.6. The van der Waals surface area contributed by atoms with Crippen molar-refractivity contribution in [2.24, 2.45) is 5.92 Å². The summed E-state index contributed by atoms with van der Waals surface area (Å²) in [4.78, 5) is 19.4. The van der Waals surface area contributed by atoms with E-state index >= 15 is 0 Å². The molecule has 0 unspecified atom stereocenters. The molecule has 192 valence electrons. The maximum atomic E-state index is 12.6. The summed E-state index contributed by atoms with van der Waals surface area (Å²) in [5.41, 5.74) is 3.40. The Morgan fingerprint density at radius 3 is 2.58 bits per heavy atom. The third-order valence-corrected chi connectivity index (χ3v) is 7.39. The van der Waals surface area contributed by atoms with Gasteiger partial charge in [0.2, 0.25) is 17.6 Å². The van der Waals surface area contributed by atoms with Gasteiger partial charge in [-0.1, -0.05) is 35.0 Å². The molecule has 8 nitrogen and oxygen atoms in total. The number of aryl methyl sites for hydroxylation is 1. The molecule has 9 heteroatoms. The smallest absolute Gasteiger partial charge is 0.241 e. The summed E-state index contributed by atoms with van der Waals surface area (Å²) < 4.78 is 16.1. The number of aromatic nitrogens is 2. The Kier molecular flexibility index (Phi) is 9.24. The van der Waals surface area contributed by atoms with Crippen molar-refractivity contribution in [3.8, 4) is 22.9 Å². The molecule has 1 N–H and O–H groups in total. The largest absolute Gasteiger partial charge is 0.493 e. The fourth-order valence-corrected chi connectivity index (χ4v) is 5.04. The number of hydrogen-bond donors (Lipinski definition) is 1. The van der Waals surface area contributed by atoms with Crippen LogP contribution in [0.2, 0.25) is 0 Å². The summed E-state index contributed by atoms with van der Waals surface area (Å²) in [6.07, 6.45) is 1.66. The zero-order chi connectivity index (χ0) is 25.3. The van der Waals surface area contributed by atoms with Crippen LogP contribution in [0.3, 0.4) is 0 Å². The van der Waals surface area contributed by atoms with Gasteiger partial charge in [0.15, 0.2) is 11.5 Å². The molecular weight excluding hydrogens is 476 g/mol. The molecule has 1 amide bonds. The summed E-state index contributed by atoms with van der Waals surface area (Å²) in [7, 11) is 3.20. The molecular formula is C27H34N4O4S. The molecule has 36 heavy (non-hydrogen) atoms. The van der Waals surface area contributed by atoms with Gasteiger partial charge in [-0.3, -0.25) is 9.69 Å². The van der Waals surface area contributed by atoms with E-state index in [4.69, 9.17) is 14.0 Å². The number of thioether (sulfide) groups is 1. The van der Waals surface area contributed by atoms with Gasteiger partial charge in [0.05, 0.1) is 20.8 Å². The molecule has 0 bridgehead atoms. The molecule has 2 heterocycles. The number of carbonyl (C=O) groups excluding carboxylic acids is 1. The summed E-state index contributed by atoms with van der Waals surface area (Å²) in [5, 5.41) is 7.24. The number of amides is 1. The van der Waals surface area contributed by atoms with Crippen LogP contribution in [0.1, 0.15) is 29.9 Å². The first kappa shape index (κ1) is 26.0. The van der Waals surface area contributed by atoms with Crippen molar-refractivity contribution in [1.82, 2.24) is 20.4 Å². The normalized spacial score (nSPS) is 14.5. The first-order valence-electron chi connectivity index (χ1n) is 12.2. The average Bonchev–Trinajstić information content (AvgIpc) is 3.38. The van der Waals surface area contributed by atoms with E-state index in [9.17, 15) is 4.79 Å². The highest BCUT2D eigenvalue weighted by molar-refractivity contribution is 7.98. The van der Waals surface area contributed by atoms with Gasteiger partial charge < -0.3 is 19.3 Å². The van der Waals surface area contributed by atoms with Crippen molar-refractivity contribution in [3.63, 3.8) is 0 Å². The van der Waals surface area contributed by atoms with Gasteiger partial charge >= 0.3 is 0 Å². The minimum absolute atomic E-state index is 0.0633. The van der Waals surface area contributed by atoms with Gasteiger partial charge in [-0.2, -0.15) is 16.7 Å². The van der Waals surface area contributed by atoms with Crippen LogP contribution in [0.5, 0.6) is 11.5 Å². The Labute approximate surface area is 216 Å². The number of hydrogen-bond acceptors (Lipinski definition) is 8. The summed E-state index contributed by atoms with van der Waals surface area (Å²) in [6, 6.07) is 14.1. The van der Waals surface area contributed by atoms with Crippen LogP contribution < -0.4 is 14.8 Å². The van der Waals surface area contributed by atoms with Crippen molar-refractivity contribution in [3.05, 3.63) is 59.5 Å². The standard InChI is InChI=1S/C27H34N4O4S/c1-19-4-6-20(7-5-19)18-36-15-12-28-27(32)21-10-13-31(14-11-21)17-25-29-26(30-35-25)22-8-9-23(33-2)24(16-22)34-3/h4-9,16,21H,10-15,17-18H2,1-3H3,(H,28,32). The second-order valence-corrected chi connectivity index (χ2v) is 10.1. The molecule has 1 fully saturated rings. The minimum atomic E-state index is 0.0633. The Bertz CT molecular complexity index is 1130. The van der Waals surface area contributed by atoms with Crippen LogP contribution in [0.4, 0.5) is 0 Å². The average molecular weight is 511 g/mol. The van der Waals surface area contributed by atoms with Crippen LogP contribution in [-0.2, 0) is 17.1 Å². The number of likely N-dealkylation sites (tertiary alicyclic amines) is 1. The number of carbonyl (C=O) groups is 1. The first-order valence-corrected chi connectivity index (χ1v) is 13.4. The molecule has 0 aliphatic carbocycles. The monoisotopic (exact) mass is 510 g/mol.